The van der Waals surface area contributed by atoms with Crippen molar-refractivity contribution < 1.29 is 14.4 Å². The van der Waals surface area contributed by atoms with Crippen molar-refractivity contribution in [2.45, 2.75) is 38.5 Å². The van der Waals surface area contributed by atoms with Gasteiger partial charge in [-0.25, -0.2) is 0 Å². The van der Waals surface area contributed by atoms with E-state index in [0.717, 1.165) is 18.7 Å². The Morgan fingerprint density at radius 2 is 2.19 bits per heavy atom. The number of hydrogen-bond acceptors (Lipinski definition) is 5. The zero-order chi connectivity index (χ0) is 14.8. The van der Waals surface area contributed by atoms with Gasteiger partial charge in [-0.15, -0.1) is 0 Å². The molecule has 112 valence electrons. The zero-order valence-corrected chi connectivity index (χ0v) is 12.4. The molecule has 5 heteroatoms. The van der Waals surface area contributed by atoms with E-state index in [9.17, 15) is 5.11 Å². The number of phenols is 1. The number of hydrogen-bond donors (Lipinski definition) is 1. The maximum atomic E-state index is 10.2. The number of aromatic hydroxyl groups is 1. The van der Waals surface area contributed by atoms with Crippen molar-refractivity contribution in [3.63, 3.8) is 0 Å². The van der Waals surface area contributed by atoms with E-state index >= 15 is 0 Å². The highest BCUT2D eigenvalue weighted by Crippen LogP contribution is 2.38. The largest absolute Gasteiger partial charge is 0.504 e. The Hall–Kier alpha value is -2.04. The predicted octanol–water partition coefficient (Wildman–Crippen LogP) is 3.74. The van der Waals surface area contributed by atoms with E-state index in [-0.39, 0.29) is 5.75 Å². The molecule has 0 amide bonds. The van der Waals surface area contributed by atoms with Gasteiger partial charge in [0.15, 0.2) is 17.3 Å². The lowest BCUT2D eigenvalue weighted by Crippen LogP contribution is -2.12. The first kappa shape index (κ1) is 13.9. The maximum Gasteiger partial charge on any atom is 0.261 e. The summed E-state index contributed by atoms with van der Waals surface area (Å²) in [7, 11) is 1.52. The van der Waals surface area contributed by atoms with Gasteiger partial charge in [-0.2, -0.15) is 4.98 Å². The first-order valence-electron chi connectivity index (χ1n) is 7.39. The molecule has 0 spiro atoms. The van der Waals surface area contributed by atoms with E-state index in [1.165, 1.54) is 20.0 Å². The van der Waals surface area contributed by atoms with Crippen LogP contribution >= 0.6 is 0 Å². The Labute approximate surface area is 123 Å². The fraction of sp³-hybridized carbons (Fsp3) is 0.500. The van der Waals surface area contributed by atoms with Crippen molar-refractivity contribution in [1.29, 1.82) is 0 Å². The first-order chi connectivity index (χ1) is 10.2. The van der Waals surface area contributed by atoms with Gasteiger partial charge in [-0.3, -0.25) is 0 Å². The van der Waals surface area contributed by atoms with Crippen LogP contribution in [0, 0.1) is 5.92 Å². The molecule has 2 aromatic rings. The monoisotopic (exact) mass is 288 g/mol. The van der Waals surface area contributed by atoms with Gasteiger partial charge in [-0.05, 0) is 30.9 Å². The summed E-state index contributed by atoms with van der Waals surface area (Å²) in [4.78, 5) is 4.48. The summed E-state index contributed by atoms with van der Waals surface area (Å²) in [5.74, 6) is 2.60. The van der Waals surface area contributed by atoms with Gasteiger partial charge in [0.05, 0.1) is 12.7 Å². The van der Waals surface area contributed by atoms with Crippen molar-refractivity contribution in [2.75, 3.05) is 7.11 Å². The summed E-state index contributed by atoms with van der Waals surface area (Å²) in [6.07, 6.45) is 4.69. The van der Waals surface area contributed by atoms with Crippen molar-refractivity contribution in [2.24, 2.45) is 5.92 Å². The van der Waals surface area contributed by atoms with E-state index in [2.05, 4.69) is 17.1 Å². The molecule has 1 aliphatic rings. The molecule has 1 heterocycles. The van der Waals surface area contributed by atoms with E-state index in [1.54, 1.807) is 18.2 Å². The molecule has 1 saturated carbocycles. The van der Waals surface area contributed by atoms with E-state index in [4.69, 9.17) is 9.26 Å². The molecule has 3 rings (SSSR count). The minimum absolute atomic E-state index is 0.0345. The summed E-state index contributed by atoms with van der Waals surface area (Å²) in [5.41, 5.74) is 0.511. The highest BCUT2D eigenvalue weighted by molar-refractivity contribution is 5.66. The van der Waals surface area contributed by atoms with Gasteiger partial charge >= 0.3 is 0 Å². The molecule has 0 aliphatic heterocycles. The van der Waals surface area contributed by atoms with Gasteiger partial charge in [0.1, 0.15) is 0 Å². The third kappa shape index (κ3) is 2.73. The minimum atomic E-state index is 0.0345. The van der Waals surface area contributed by atoms with Crippen LogP contribution in [0.2, 0.25) is 0 Å². The quantitative estimate of drug-likeness (QED) is 0.931. The van der Waals surface area contributed by atoms with Gasteiger partial charge in [0.2, 0.25) is 0 Å². The Morgan fingerprint density at radius 3 is 2.95 bits per heavy atom. The topological polar surface area (TPSA) is 68.4 Å². The second-order valence-electron chi connectivity index (χ2n) is 5.78. The van der Waals surface area contributed by atoms with E-state index in [0.29, 0.717) is 29.0 Å². The van der Waals surface area contributed by atoms with E-state index < -0.39 is 0 Å². The van der Waals surface area contributed by atoms with Crippen LogP contribution in [-0.4, -0.2) is 22.4 Å². The van der Waals surface area contributed by atoms with Crippen LogP contribution in [-0.2, 0) is 0 Å². The highest BCUT2D eigenvalue weighted by Gasteiger charge is 2.25. The lowest BCUT2D eigenvalue weighted by Gasteiger charge is -2.23. The van der Waals surface area contributed by atoms with E-state index in [1.807, 2.05) is 0 Å². The van der Waals surface area contributed by atoms with Crippen LogP contribution in [0.3, 0.4) is 0 Å². The van der Waals surface area contributed by atoms with Crippen LogP contribution in [0.4, 0.5) is 0 Å². The van der Waals surface area contributed by atoms with Crippen LogP contribution in [0.1, 0.15) is 44.3 Å². The summed E-state index contributed by atoms with van der Waals surface area (Å²) in [5, 5.41) is 14.3. The fourth-order valence-electron chi connectivity index (χ4n) is 3.04. The summed E-state index contributed by atoms with van der Waals surface area (Å²) >= 11 is 0. The molecule has 1 fully saturated rings. The van der Waals surface area contributed by atoms with Crippen LogP contribution in [0.15, 0.2) is 22.7 Å². The third-order valence-electron chi connectivity index (χ3n) is 4.19. The molecule has 1 N–H and O–H groups in total. The molecule has 2 atom stereocenters. The highest BCUT2D eigenvalue weighted by atomic mass is 16.5. The minimum Gasteiger partial charge on any atom is -0.504 e. The molecule has 0 radical (unpaired) electrons. The average molecular weight is 288 g/mol. The predicted molar refractivity (Wildman–Crippen MR) is 78.3 cm³/mol. The Balaban J connectivity index is 1.88. The Bertz CT molecular complexity index is 624. The van der Waals surface area contributed by atoms with Crippen molar-refractivity contribution in [1.82, 2.24) is 10.1 Å². The number of ether oxygens (including phenoxy) is 1. The van der Waals surface area contributed by atoms with Gasteiger partial charge in [-0.1, -0.05) is 31.0 Å². The Morgan fingerprint density at radius 1 is 1.33 bits per heavy atom. The molecule has 2 unspecified atom stereocenters. The second-order valence-corrected chi connectivity index (χ2v) is 5.78. The van der Waals surface area contributed by atoms with Gasteiger partial charge in [0.25, 0.3) is 5.89 Å². The number of methoxy groups -OCH3 is 1. The molecule has 0 saturated heterocycles. The summed E-state index contributed by atoms with van der Waals surface area (Å²) in [6, 6.07) is 5.23. The van der Waals surface area contributed by atoms with Crippen molar-refractivity contribution >= 4 is 0 Å². The number of benzene rings is 1. The van der Waals surface area contributed by atoms with Crippen molar-refractivity contribution in [3.05, 3.63) is 24.0 Å². The molecular weight excluding hydrogens is 268 g/mol. The van der Waals surface area contributed by atoms with Gasteiger partial charge in [0, 0.05) is 5.92 Å². The smallest absolute Gasteiger partial charge is 0.261 e. The molecule has 1 aromatic carbocycles. The third-order valence-corrected chi connectivity index (χ3v) is 4.19. The lowest BCUT2D eigenvalue weighted by molar-refractivity contribution is 0.324. The van der Waals surface area contributed by atoms with Gasteiger partial charge < -0.3 is 14.4 Å². The zero-order valence-electron chi connectivity index (χ0n) is 12.4. The maximum absolute atomic E-state index is 10.2. The normalized spacial score (nSPS) is 22.2. The molecular formula is C16H20N2O3. The summed E-state index contributed by atoms with van der Waals surface area (Å²) < 4.78 is 10.4. The number of rotatable bonds is 3. The second kappa shape index (κ2) is 5.76. The number of aromatic nitrogens is 2. The Kier molecular flexibility index (Phi) is 3.82. The standard InChI is InChI=1S/C16H20N2O3/c1-10-5-3-6-11(9-10)15-17-16(21-18-15)12-7-4-8-13(20-2)14(12)19/h4,7-8,10-11,19H,3,5-6,9H2,1-2H3. The summed E-state index contributed by atoms with van der Waals surface area (Å²) in [6.45, 7) is 2.26. The molecule has 21 heavy (non-hydrogen) atoms. The number of para-hydroxylation sites is 1. The van der Waals surface area contributed by atoms with Crippen LogP contribution < -0.4 is 4.74 Å². The SMILES string of the molecule is COc1cccc(-c2nc(C3CCCC(C)C3)no2)c1O. The number of phenolic OH excluding ortho intramolecular Hbond substituents is 1. The lowest BCUT2D eigenvalue weighted by atomic mass is 9.82. The molecule has 1 aliphatic carbocycles. The molecule has 5 nitrogen and oxygen atoms in total. The molecule has 0 bridgehead atoms. The van der Waals surface area contributed by atoms with Crippen LogP contribution in [0.25, 0.3) is 11.5 Å². The average Bonchev–Trinajstić information content (AvgIpc) is 2.97. The first-order valence-corrected chi connectivity index (χ1v) is 7.39. The fourth-order valence-corrected chi connectivity index (χ4v) is 3.04. The van der Waals surface area contributed by atoms with Crippen molar-refractivity contribution in [3.8, 4) is 23.0 Å². The van der Waals surface area contributed by atoms with Crippen LogP contribution in [0.5, 0.6) is 11.5 Å². The number of nitrogens with zero attached hydrogens (tertiary/aromatic N) is 2. The molecule has 1 aromatic heterocycles.